The number of aromatic carboxylic acids is 1. The van der Waals surface area contributed by atoms with Crippen molar-refractivity contribution in [2.24, 2.45) is 16.2 Å². The van der Waals surface area contributed by atoms with Crippen molar-refractivity contribution in [1.82, 2.24) is 34.4 Å². The van der Waals surface area contributed by atoms with E-state index >= 15 is 0 Å². The van der Waals surface area contributed by atoms with Gasteiger partial charge in [-0.2, -0.15) is 25.3 Å². The average molecular weight is 1550 g/mol. The van der Waals surface area contributed by atoms with E-state index in [1.165, 1.54) is 28.0 Å². The number of benzene rings is 3. The van der Waals surface area contributed by atoms with Gasteiger partial charge in [0.1, 0.15) is 42.5 Å². The number of aromatic nitrogens is 4. The highest BCUT2D eigenvalue weighted by Crippen LogP contribution is 2.72. The van der Waals surface area contributed by atoms with E-state index in [4.69, 9.17) is 33.8 Å². The number of hydrogen-bond donors (Lipinski definition) is 7. The maximum atomic E-state index is 13.9. The molecule has 5 amide bonds. The van der Waals surface area contributed by atoms with Gasteiger partial charge in [0.15, 0.2) is 16.9 Å². The number of pyridine rings is 1. The van der Waals surface area contributed by atoms with Crippen LogP contribution >= 0.6 is 23.1 Å². The van der Waals surface area contributed by atoms with Crippen LogP contribution in [-0.2, 0) is 80.8 Å². The molecule has 3 aromatic carbocycles. The van der Waals surface area contributed by atoms with Crippen molar-refractivity contribution in [3.05, 3.63) is 118 Å². The Morgan fingerprint density at radius 2 is 1.61 bits per heavy atom. The smallest absolute Gasteiger partial charge is 0.409 e. The quantitative estimate of drug-likeness (QED) is 0.0123. The zero-order chi connectivity index (χ0) is 76.8. The number of likely N-dealkylation sites (tertiary alicyclic amines) is 2. The molecule has 7 N–H and O–H groups in total. The number of carbonyl (C=O) groups is 7. The first-order valence-electron chi connectivity index (χ1n) is 36.7. The zero-order valence-electron chi connectivity index (χ0n) is 61.0. The predicted molar refractivity (Wildman–Crippen MR) is 397 cm³/mol. The number of thiazole rings is 1. The number of nitrogens with one attached hydrogen (secondary N) is 1. The standard InChI is InChI=1S/C76H93N9O20S3/c1-44-51(49-21-22-58(79-60(49)68(93)94)82-25-23-46-15-13-16-50(52(46)34-82)65(90)80-71-78-53-17-10-11-18-56(53)107-71)33-77-84(44)43-75-38-73(2)37-74(3,39-75)41-76(40-73,42-75)103-27-26-81(4)72(97)102-35-47-20-19-45(30-55(47)104-70-63(89)61(87)62(88)64(105-70)69(95)96)14-9-7-6-8-12-24-83-48(36-101-28-29-108(98,99)100)31-54(66(83)91)85-59(86)32-57(106-5)67(85)92/h10-11,13,15-22,30,33,48,54,57,61-64,70,87-89H,6-9,12,14,23-29,31-32,34-43H2,1-5H3,(H,93,94)(H,95,96)(H,78,80,90)(H,98,99,100)/t48-,54+,57?,61-,62-,63+,64-,70+,73?,74?,75?,76?/m0/s1. The van der Waals surface area contributed by atoms with Gasteiger partial charge in [-0.15, -0.1) is 0 Å². The van der Waals surface area contributed by atoms with Crippen molar-refractivity contribution in [2.45, 2.75) is 190 Å². The number of fused-ring (bicyclic) bond motifs is 2. The fourth-order valence-corrected chi connectivity index (χ4v) is 20.4. The van der Waals surface area contributed by atoms with Crippen molar-refractivity contribution < 1.29 is 95.7 Å². The van der Waals surface area contributed by atoms with Gasteiger partial charge in [0, 0.05) is 74.1 Å². The van der Waals surface area contributed by atoms with Gasteiger partial charge >= 0.3 is 18.0 Å². The van der Waals surface area contributed by atoms with Crippen LogP contribution in [0.2, 0.25) is 0 Å². The second-order valence-electron chi connectivity index (χ2n) is 31.1. The highest BCUT2D eigenvalue weighted by atomic mass is 32.2. The van der Waals surface area contributed by atoms with E-state index in [0.29, 0.717) is 91.5 Å². The maximum absolute atomic E-state index is 13.9. The fourth-order valence-electron chi connectivity index (χ4n) is 18.6. The van der Waals surface area contributed by atoms with Crippen molar-refractivity contribution in [3.63, 3.8) is 0 Å². The molecule has 580 valence electrons. The lowest BCUT2D eigenvalue weighted by molar-refractivity contribution is -0.271. The number of nitrogens with zero attached hydrogens (tertiary/aromatic N) is 8. The summed E-state index contributed by atoms with van der Waals surface area (Å²) in [5.74, 6) is -4.38. The van der Waals surface area contributed by atoms with Crippen molar-refractivity contribution in [1.29, 1.82) is 0 Å². The Morgan fingerprint density at radius 1 is 0.852 bits per heavy atom. The molecule has 7 heterocycles. The van der Waals surface area contributed by atoms with E-state index in [1.54, 1.807) is 48.7 Å². The molecule has 3 aromatic heterocycles. The van der Waals surface area contributed by atoms with Gasteiger partial charge in [0.2, 0.25) is 24.0 Å². The molecule has 3 saturated heterocycles. The summed E-state index contributed by atoms with van der Waals surface area (Å²) in [7, 11) is -2.69. The van der Waals surface area contributed by atoms with E-state index in [2.05, 4.69) is 24.1 Å². The molecular formula is C76H93N9O20S3. The highest BCUT2D eigenvalue weighted by Gasteiger charge is 2.66. The molecule has 29 nitrogen and oxygen atoms in total. The minimum Gasteiger partial charge on any atom is -0.479 e. The molecule has 3 unspecified atom stereocenters. The van der Waals surface area contributed by atoms with Crippen LogP contribution in [0, 0.1) is 23.2 Å². The number of carboxylic acids is 2. The lowest BCUT2D eigenvalue weighted by Gasteiger charge is -2.69. The summed E-state index contributed by atoms with van der Waals surface area (Å²) in [5, 5.41) is 60.6. The monoisotopic (exact) mass is 1550 g/mol. The largest absolute Gasteiger partial charge is 0.479 e. The van der Waals surface area contributed by atoms with E-state index in [1.807, 2.05) is 65.0 Å². The van der Waals surface area contributed by atoms with Crippen LogP contribution in [0.3, 0.4) is 0 Å². The normalized spacial score (nSPS) is 27.4. The van der Waals surface area contributed by atoms with Crippen LogP contribution in [0.1, 0.15) is 146 Å². The molecule has 6 aromatic rings. The SMILES string of the molecule is CSC1CC(=O)N([C@@H]2C[C@@H](COCCS(=O)(=O)O)N(CCCCCCCc3ccc(COC(=O)N(C)CCOC45CC6(C)CC(C)(CC(Cn7ncc(-c8ccc(N9CCc%10cccc(C(=O)Nc%11nc%12ccccc%12s%11)c%10C9)nc8C(=O)O)c7C)(C6)C4)C5)c(O[C@@H]4O[C@H](C(=O)O)[C@@H](O)[C@H](O)[C@H]4O)c3)C2=O)C1=O. The summed E-state index contributed by atoms with van der Waals surface area (Å²) >= 11 is 2.64. The molecule has 4 bridgehead atoms. The average Bonchev–Trinajstić information content (AvgIpc) is 0.742. The summed E-state index contributed by atoms with van der Waals surface area (Å²) in [6.45, 7) is 8.08. The lowest BCUT2D eigenvalue weighted by atomic mass is 9.39. The number of anilines is 2. The van der Waals surface area contributed by atoms with Gasteiger partial charge in [0.25, 0.3) is 16.0 Å². The summed E-state index contributed by atoms with van der Waals surface area (Å²) in [4.78, 5) is 108. The molecule has 4 aliphatic heterocycles. The van der Waals surface area contributed by atoms with E-state index in [9.17, 15) is 72.1 Å². The summed E-state index contributed by atoms with van der Waals surface area (Å²) < 4.78 is 64.9. The maximum Gasteiger partial charge on any atom is 0.409 e. The van der Waals surface area contributed by atoms with Crippen LogP contribution < -0.4 is 15.0 Å². The van der Waals surface area contributed by atoms with Crippen molar-refractivity contribution in [2.75, 3.05) is 68.7 Å². The Hall–Kier alpha value is -8.18. The number of rotatable bonds is 31. The molecule has 32 heteroatoms. The minimum atomic E-state index is -4.29. The number of imide groups is 1. The number of hydrogen-bond acceptors (Lipinski definition) is 23. The second kappa shape index (κ2) is 31.7. The van der Waals surface area contributed by atoms with E-state index in [-0.39, 0.29) is 79.4 Å². The second-order valence-corrected chi connectivity index (χ2v) is 34.7. The molecule has 14 rings (SSSR count). The van der Waals surface area contributed by atoms with Gasteiger partial charge in [-0.25, -0.2) is 24.4 Å². The number of thioether (sulfide) groups is 1. The first-order valence-corrected chi connectivity index (χ1v) is 40.4. The number of aliphatic hydroxyl groups excluding tert-OH is 3. The van der Waals surface area contributed by atoms with Crippen LogP contribution in [-0.4, -0.2) is 227 Å². The summed E-state index contributed by atoms with van der Waals surface area (Å²) in [5.41, 5.74) is 5.23. The fraction of sp³-hybridized carbons (Fsp3) is 0.553. The molecule has 8 aliphatic rings. The third-order valence-corrected chi connectivity index (χ3v) is 25.1. The van der Waals surface area contributed by atoms with Crippen molar-refractivity contribution in [3.8, 4) is 16.9 Å². The number of likely N-dealkylation sites (N-methyl/N-ethyl adjacent to an activating group) is 1. The molecule has 10 atom stereocenters. The van der Waals surface area contributed by atoms with E-state index < -0.39 is 105 Å². The number of aryl methyl sites for hydroxylation is 1. The zero-order valence-corrected chi connectivity index (χ0v) is 63.5. The third kappa shape index (κ3) is 16.8. The number of aliphatic hydroxyl groups is 3. The molecular weight excluding hydrogens is 1460 g/mol. The summed E-state index contributed by atoms with van der Waals surface area (Å²) in [6, 6.07) is 20.6. The molecule has 7 fully saturated rings. The van der Waals surface area contributed by atoms with Crippen LogP contribution in [0.5, 0.6) is 5.75 Å². The molecule has 0 spiro atoms. The molecule has 4 aliphatic carbocycles. The first kappa shape index (κ1) is 78.0. The highest BCUT2D eigenvalue weighted by molar-refractivity contribution is 8.00. The van der Waals surface area contributed by atoms with Crippen molar-refractivity contribution >= 4 is 96.0 Å². The van der Waals surface area contributed by atoms with Gasteiger partial charge in [-0.3, -0.25) is 38.6 Å². The van der Waals surface area contributed by atoms with Gasteiger partial charge in [-0.1, -0.05) is 80.8 Å². The Balaban J connectivity index is 0.621. The Kier molecular flexibility index (Phi) is 22.9. The molecule has 108 heavy (non-hydrogen) atoms. The number of carbonyl (C=O) groups excluding carboxylic acids is 5. The van der Waals surface area contributed by atoms with Crippen LogP contribution in [0.25, 0.3) is 21.3 Å². The number of aliphatic carboxylic acids is 1. The Labute approximate surface area is 633 Å². The topological polar surface area (TPSA) is 390 Å². The number of amides is 5. The summed E-state index contributed by atoms with van der Waals surface area (Å²) in [6.07, 6.45) is 3.29. The van der Waals surface area contributed by atoms with Crippen LogP contribution in [0.4, 0.5) is 15.7 Å². The van der Waals surface area contributed by atoms with Gasteiger partial charge < -0.3 is 63.9 Å². The van der Waals surface area contributed by atoms with Gasteiger partial charge in [-0.05, 0) is 153 Å². The van der Waals surface area contributed by atoms with Gasteiger partial charge in [0.05, 0.1) is 58.9 Å². The predicted octanol–water partition coefficient (Wildman–Crippen LogP) is 7.91. The number of ether oxygens (including phenoxy) is 5. The number of para-hydroxylation sites is 1. The Bertz CT molecular complexity index is 4500. The third-order valence-electron chi connectivity index (χ3n) is 22.6. The van der Waals surface area contributed by atoms with Crippen LogP contribution in [0.15, 0.2) is 79.0 Å². The Morgan fingerprint density at radius 3 is 2.34 bits per heavy atom. The van der Waals surface area contributed by atoms with E-state index in [0.717, 1.165) is 88.9 Å². The number of unbranched alkanes of at least 4 members (excludes halogenated alkanes) is 4. The lowest BCUT2D eigenvalue weighted by Crippen LogP contribution is -2.64. The number of carboxylic acid groups (broad SMARTS) is 2. The minimum absolute atomic E-state index is 0.00648. The molecule has 0 radical (unpaired) electrons. The molecule has 4 saturated carbocycles. The first-order chi connectivity index (χ1) is 51.4.